The SMILES string of the molecule is CCCC1=C(C(=O)OC)C(c2ccccc2)NC(=S)N1C. The molecule has 0 aliphatic carbocycles. The van der Waals surface area contributed by atoms with Gasteiger partial charge in [-0.25, -0.2) is 4.79 Å². The summed E-state index contributed by atoms with van der Waals surface area (Å²) in [7, 11) is 3.29. The molecule has 0 amide bonds. The van der Waals surface area contributed by atoms with E-state index in [0.717, 1.165) is 24.1 Å². The van der Waals surface area contributed by atoms with Crippen molar-refractivity contribution in [1.29, 1.82) is 0 Å². The first-order chi connectivity index (χ1) is 10.1. The number of carbonyl (C=O) groups excluding carboxylic acids is 1. The summed E-state index contributed by atoms with van der Waals surface area (Å²) < 4.78 is 4.99. The van der Waals surface area contributed by atoms with Gasteiger partial charge in [-0.15, -0.1) is 0 Å². The number of benzene rings is 1. The van der Waals surface area contributed by atoms with Crippen molar-refractivity contribution < 1.29 is 9.53 Å². The Morgan fingerprint density at radius 3 is 2.62 bits per heavy atom. The van der Waals surface area contributed by atoms with E-state index in [1.54, 1.807) is 0 Å². The Labute approximate surface area is 130 Å². The number of allylic oxidation sites excluding steroid dienone is 1. The predicted octanol–water partition coefficient (Wildman–Crippen LogP) is 2.77. The van der Waals surface area contributed by atoms with Crippen LogP contribution in [0.3, 0.4) is 0 Å². The number of carbonyl (C=O) groups is 1. The molecule has 0 saturated carbocycles. The third-order valence-corrected chi connectivity index (χ3v) is 3.99. The maximum absolute atomic E-state index is 12.3. The maximum Gasteiger partial charge on any atom is 0.337 e. The van der Waals surface area contributed by atoms with Gasteiger partial charge in [0.05, 0.1) is 18.7 Å². The van der Waals surface area contributed by atoms with E-state index < -0.39 is 0 Å². The quantitative estimate of drug-likeness (QED) is 0.684. The highest BCUT2D eigenvalue weighted by atomic mass is 32.1. The Hall–Kier alpha value is -1.88. The number of thiocarbonyl (C=S) groups is 1. The monoisotopic (exact) mass is 304 g/mol. The van der Waals surface area contributed by atoms with Crippen LogP contribution in [-0.2, 0) is 9.53 Å². The van der Waals surface area contributed by atoms with Gasteiger partial charge in [0.25, 0.3) is 0 Å². The van der Waals surface area contributed by atoms with Gasteiger partial charge in [-0.1, -0.05) is 43.7 Å². The Morgan fingerprint density at radius 1 is 1.38 bits per heavy atom. The summed E-state index contributed by atoms with van der Waals surface area (Å²) in [4.78, 5) is 14.2. The van der Waals surface area contributed by atoms with Crippen LogP contribution >= 0.6 is 12.2 Å². The standard InChI is InChI=1S/C16H20N2O2S/c1-4-8-12-13(15(19)20-3)14(17-16(21)18(12)2)11-9-6-5-7-10-11/h5-7,9-10,14H,4,8H2,1-3H3,(H,17,21). The van der Waals surface area contributed by atoms with Gasteiger partial charge < -0.3 is 15.0 Å². The lowest BCUT2D eigenvalue weighted by atomic mass is 9.93. The van der Waals surface area contributed by atoms with E-state index in [0.29, 0.717) is 10.7 Å². The largest absolute Gasteiger partial charge is 0.466 e. The molecule has 4 nitrogen and oxygen atoms in total. The fraction of sp³-hybridized carbons (Fsp3) is 0.375. The van der Waals surface area contributed by atoms with E-state index in [-0.39, 0.29) is 12.0 Å². The second-order valence-electron chi connectivity index (χ2n) is 4.95. The molecule has 0 aromatic heterocycles. The highest BCUT2D eigenvalue weighted by Crippen LogP contribution is 2.32. The highest BCUT2D eigenvalue weighted by molar-refractivity contribution is 7.80. The fourth-order valence-electron chi connectivity index (χ4n) is 2.54. The zero-order valence-electron chi connectivity index (χ0n) is 12.6. The molecule has 1 heterocycles. The van der Waals surface area contributed by atoms with Crippen molar-refractivity contribution in [2.75, 3.05) is 14.2 Å². The van der Waals surface area contributed by atoms with Crippen molar-refractivity contribution >= 4 is 23.3 Å². The van der Waals surface area contributed by atoms with Gasteiger partial charge in [0, 0.05) is 12.7 Å². The topological polar surface area (TPSA) is 41.6 Å². The van der Waals surface area contributed by atoms with Crippen LogP contribution in [0, 0.1) is 0 Å². The Balaban J connectivity index is 2.56. The zero-order chi connectivity index (χ0) is 15.4. The number of nitrogens with one attached hydrogen (secondary N) is 1. The average Bonchev–Trinajstić information content (AvgIpc) is 2.52. The predicted molar refractivity (Wildman–Crippen MR) is 86.6 cm³/mol. The molecule has 0 spiro atoms. The van der Waals surface area contributed by atoms with E-state index in [2.05, 4.69) is 12.2 Å². The number of nitrogens with zero attached hydrogens (tertiary/aromatic N) is 1. The molecule has 0 radical (unpaired) electrons. The van der Waals surface area contributed by atoms with Gasteiger partial charge in [0.2, 0.25) is 0 Å². The molecule has 0 fully saturated rings. The van der Waals surface area contributed by atoms with E-state index in [1.165, 1.54) is 7.11 Å². The van der Waals surface area contributed by atoms with Crippen LogP contribution in [0.25, 0.3) is 0 Å². The number of hydrogen-bond donors (Lipinski definition) is 1. The summed E-state index contributed by atoms with van der Waals surface area (Å²) in [6, 6.07) is 9.56. The van der Waals surface area contributed by atoms with Gasteiger partial charge in [-0.05, 0) is 24.2 Å². The minimum absolute atomic E-state index is 0.260. The summed E-state index contributed by atoms with van der Waals surface area (Å²) in [5.74, 6) is -0.311. The van der Waals surface area contributed by atoms with E-state index >= 15 is 0 Å². The molecule has 1 aromatic carbocycles. The molecular weight excluding hydrogens is 284 g/mol. The molecule has 0 bridgehead atoms. The van der Waals surface area contributed by atoms with E-state index in [1.807, 2.05) is 42.3 Å². The normalized spacial score (nSPS) is 18.5. The lowest BCUT2D eigenvalue weighted by Gasteiger charge is -2.36. The molecule has 1 aliphatic rings. The van der Waals surface area contributed by atoms with Crippen LogP contribution < -0.4 is 5.32 Å². The van der Waals surface area contributed by atoms with Gasteiger partial charge in [-0.3, -0.25) is 0 Å². The molecule has 0 saturated heterocycles. The third-order valence-electron chi connectivity index (χ3n) is 3.60. The van der Waals surface area contributed by atoms with Crippen molar-refractivity contribution in [3.63, 3.8) is 0 Å². The molecule has 2 rings (SSSR count). The van der Waals surface area contributed by atoms with Gasteiger partial charge in [0.15, 0.2) is 5.11 Å². The Kier molecular flexibility index (Phi) is 4.96. The zero-order valence-corrected chi connectivity index (χ0v) is 13.4. The van der Waals surface area contributed by atoms with E-state index in [9.17, 15) is 4.79 Å². The molecule has 1 aliphatic heterocycles. The summed E-state index contributed by atoms with van der Waals surface area (Å²) >= 11 is 5.40. The average molecular weight is 304 g/mol. The van der Waals surface area contributed by atoms with Crippen LogP contribution in [0.5, 0.6) is 0 Å². The molecular formula is C16H20N2O2S. The summed E-state index contributed by atoms with van der Waals surface area (Å²) in [6.45, 7) is 2.08. The summed E-state index contributed by atoms with van der Waals surface area (Å²) in [6.07, 6.45) is 1.72. The molecule has 1 aromatic rings. The second-order valence-corrected chi connectivity index (χ2v) is 5.34. The first kappa shape index (κ1) is 15.5. The lowest BCUT2D eigenvalue weighted by molar-refractivity contribution is -0.136. The Morgan fingerprint density at radius 2 is 2.05 bits per heavy atom. The number of hydrogen-bond acceptors (Lipinski definition) is 3. The number of esters is 1. The van der Waals surface area contributed by atoms with Crippen LogP contribution in [0.1, 0.15) is 31.4 Å². The van der Waals surface area contributed by atoms with E-state index in [4.69, 9.17) is 17.0 Å². The van der Waals surface area contributed by atoms with Gasteiger partial charge in [-0.2, -0.15) is 0 Å². The van der Waals surface area contributed by atoms with Crippen molar-refractivity contribution in [2.24, 2.45) is 0 Å². The molecule has 1 N–H and O–H groups in total. The molecule has 21 heavy (non-hydrogen) atoms. The van der Waals surface area contributed by atoms with Crippen molar-refractivity contribution in [2.45, 2.75) is 25.8 Å². The molecule has 1 unspecified atom stereocenters. The van der Waals surface area contributed by atoms with Crippen LogP contribution in [0.4, 0.5) is 0 Å². The van der Waals surface area contributed by atoms with Crippen LogP contribution in [0.15, 0.2) is 41.6 Å². The van der Waals surface area contributed by atoms with Crippen LogP contribution in [0.2, 0.25) is 0 Å². The van der Waals surface area contributed by atoms with Crippen molar-refractivity contribution in [3.05, 3.63) is 47.2 Å². The highest BCUT2D eigenvalue weighted by Gasteiger charge is 2.34. The van der Waals surface area contributed by atoms with Gasteiger partial charge >= 0.3 is 5.97 Å². The summed E-state index contributed by atoms with van der Waals surface area (Å²) in [5, 5.41) is 3.86. The van der Waals surface area contributed by atoms with Crippen molar-refractivity contribution in [1.82, 2.24) is 10.2 Å². The minimum atomic E-state index is -0.311. The third kappa shape index (κ3) is 3.08. The number of rotatable bonds is 4. The fourth-order valence-corrected chi connectivity index (χ4v) is 2.77. The number of methoxy groups -OCH3 is 1. The number of ether oxygens (including phenoxy) is 1. The maximum atomic E-state index is 12.3. The van der Waals surface area contributed by atoms with Gasteiger partial charge in [0.1, 0.15) is 0 Å². The summed E-state index contributed by atoms with van der Waals surface area (Å²) in [5.41, 5.74) is 2.57. The Bertz CT molecular complexity index is 569. The van der Waals surface area contributed by atoms with Crippen LogP contribution in [-0.4, -0.2) is 30.1 Å². The minimum Gasteiger partial charge on any atom is -0.466 e. The first-order valence-electron chi connectivity index (χ1n) is 7.00. The second kappa shape index (κ2) is 6.72. The first-order valence-corrected chi connectivity index (χ1v) is 7.41. The molecule has 112 valence electrons. The van der Waals surface area contributed by atoms with Crippen molar-refractivity contribution in [3.8, 4) is 0 Å². The lowest BCUT2D eigenvalue weighted by Crippen LogP contribution is -2.46. The smallest absolute Gasteiger partial charge is 0.337 e. The molecule has 1 atom stereocenters. The molecule has 5 heteroatoms.